The van der Waals surface area contributed by atoms with Crippen LogP contribution in [0.3, 0.4) is 0 Å². The second-order valence-electron chi connectivity index (χ2n) is 3.54. The van der Waals surface area contributed by atoms with Crippen LogP contribution < -0.4 is 5.32 Å². The quantitative estimate of drug-likeness (QED) is 0.899. The van der Waals surface area contributed by atoms with Gasteiger partial charge in [0.2, 0.25) is 0 Å². The zero-order chi connectivity index (χ0) is 9.80. The molecule has 1 aromatic heterocycles. The number of halogens is 2. The molecule has 0 amide bonds. The van der Waals surface area contributed by atoms with Gasteiger partial charge in [0.05, 0.1) is 0 Å². The normalized spacial score (nSPS) is 17.1. The lowest BCUT2D eigenvalue weighted by atomic mass is 10.2. The smallest absolute Gasteiger partial charge is 0.0410 e. The van der Waals surface area contributed by atoms with E-state index < -0.39 is 0 Å². The molecule has 1 aromatic rings. The minimum Gasteiger partial charge on any atom is -0.314 e. The van der Waals surface area contributed by atoms with Crippen molar-refractivity contribution in [3.8, 4) is 0 Å². The minimum atomic E-state index is 0. The minimum absolute atomic E-state index is 0. The van der Waals surface area contributed by atoms with Crippen molar-refractivity contribution in [3.05, 3.63) is 28.5 Å². The topological polar surface area (TPSA) is 28.2 Å². The second-order valence-corrected chi connectivity index (χ2v) is 4.45. The highest BCUT2D eigenvalue weighted by Gasteiger charge is 2.09. The number of aromatic nitrogens is 1. The largest absolute Gasteiger partial charge is 0.314 e. The SMILES string of the molecule is Brc1cncc(CN2CCNCC2)c1.Cl. The van der Waals surface area contributed by atoms with E-state index in [4.69, 9.17) is 0 Å². The zero-order valence-corrected chi connectivity index (χ0v) is 10.9. The van der Waals surface area contributed by atoms with Crippen LogP contribution in [0.25, 0.3) is 0 Å². The van der Waals surface area contributed by atoms with Crippen LogP contribution in [0.2, 0.25) is 0 Å². The van der Waals surface area contributed by atoms with Crippen molar-refractivity contribution in [2.75, 3.05) is 26.2 Å². The molecule has 1 N–H and O–H groups in total. The first-order chi connectivity index (χ1) is 6.84. The Bertz CT molecular complexity index is 302. The van der Waals surface area contributed by atoms with Gasteiger partial charge in [-0.05, 0) is 27.6 Å². The third-order valence-electron chi connectivity index (χ3n) is 2.38. The predicted molar refractivity (Wildman–Crippen MR) is 67.3 cm³/mol. The molecule has 1 fully saturated rings. The highest BCUT2D eigenvalue weighted by molar-refractivity contribution is 9.10. The van der Waals surface area contributed by atoms with Crippen LogP contribution in [0.5, 0.6) is 0 Å². The molecule has 15 heavy (non-hydrogen) atoms. The third-order valence-corrected chi connectivity index (χ3v) is 2.81. The first kappa shape index (κ1) is 12.9. The number of nitrogens with one attached hydrogen (secondary N) is 1. The summed E-state index contributed by atoms with van der Waals surface area (Å²) >= 11 is 3.43. The second kappa shape index (κ2) is 6.43. The van der Waals surface area contributed by atoms with Crippen LogP contribution in [0.4, 0.5) is 0 Å². The van der Waals surface area contributed by atoms with Gasteiger partial charge in [-0.2, -0.15) is 0 Å². The average Bonchev–Trinajstić information content (AvgIpc) is 2.19. The lowest BCUT2D eigenvalue weighted by molar-refractivity contribution is 0.233. The maximum absolute atomic E-state index is 4.16. The van der Waals surface area contributed by atoms with Crippen LogP contribution in [0.15, 0.2) is 22.9 Å². The maximum Gasteiger partial charge on any atom is 0.0410 e. The van der Waals surface area contributed by atoms with Crippen molar-refractivity contribution < 1.29 is 0 Å². The van der Waals surface area contributed by atoms with Gasteiger partial charge in [0, 0.05) is 49.6 Å². The molecule has 0 saturated carbocycles. The summed E-state index contributed by atoms with van der Waals surface area (Å²) in [6.07, 6.45) is 3.76. The van der Waals surface area contributed by atoms with E-state index in [-0.39, 0.29) is 12.4 Å². The Morgan fingerprint density at radius 2 is 2.07 bits per heavy atom. The third kappa shape index (κ3) is 4.07. The van der Waals surface area contributed by atoms with Crippen molar-refractivity contribution in [1.82, 2.24) is 15.2 Å². The molecule has 0 aromatic carbocycles. The van der Waals surface area contributed by atoms with E-state index in [9.17, 15) is 0 Å². The van der Waals surface area contributed by atoms with E-state index in [0.29, 0.717) is 0 Å². The molecule has 2 rings (SSSR count). The molecule has 1 saturated heterocycles. The van der Waals surface area contributed by atoms with E-state index in [2.05, 4.69) is 37.2 Å². The van der Waals surface area contributed by atoms with Gasteiger partial charge in [-0.25, -0.2) is 0 Å². The Hall–Kier alpha value is -0.160. The van der Waals surface area contributed by atoms with Gasteiger partial charge in [0.15, 0.2) is 0 Å². The number of hydrogen-bond donors (Lipinski definition) is 1. The molecule has 0 radical (unpaired) electrons. The summed E-state index contributed by atoms with van der Waals surface area (Å²) in [6, 6.07) is 2.13. The van der Waals surface area contributed by atoms with E-state index in [1.165, 1.54) is 5.56 Å². The van der Waals surface area contributed by atoms with E-state index in [1.54, 1.807) is 0 Å². The van der Waals surface area contributed by atoms with Crippen molar-refractivity contribution in [2.24, 2.45) is 0 Å². The van der Waals surface area contributed by atoms with E-state index in [1.807, 2.05) is 12.4 Å². The Balaban J connectivity index is 0.00000112. The maximum atomic E-state index is 4.16. The monoisotopic (exact) mass is 291 g/mol. The molecule has 3 nitrogen and oxygen atoms in total. The van der Waals surface area contributed by atoms with E-state index in [0.717, 1.165) is 37.2 Å². The number of rotatable bonds is 2. The van der Waals surface area contributed by atoms with Gasteiger partial charge in [0.1, 0.15) is 0 Å². The van der Waals surface area contributed by atoms with Gasteiger partial charge >= 0.3 is 0 Å². The summed E-state index contributed by atoms with van der Waals surface area (Å²) in [4.78, 5) is 6.60. The highest BCUT2D eigenvalue weighted by atomic mass is 79.9. The lowest BCUT2D eigenvalue weighted by Gasteiger charge is -2.27. The van der Waals surface area contributed by atoms with Gasteiger partial charge < -0.3 is 5.32 Å². The van der Waals surface area contributed by atoms with Crippen LogP contribution in [-0.2, 0) is 6.54 Å². The summed E-state index contributed by atoms with van der Waals surface area (Å²) in [7, 11) is 0. The molecule has 5 heteroatoms. The Kier molecular flexibility index (Phi) is 5.53. The van der Waals surface area contributed by atoms with Crippen LogP contribution in [-0.4, -0.2) is 36.1 Å². The number of pyridine rings is 1. The fraction of sp³-hybridized carbons (Fsp3) is 0.500. The van der Waals surface area contributed by atoms with Crippen LogP contribution >= 0.6 is 28.3 Å². The first-order valence-electron chi connectivity index (χ1n) is 4.87. The lowest BCUT2D eigenvalue weighted by Crippen LogP contribution is -2.42. The Morgan fingerprint density at radius 3 is 2.73 bits per heavy atom. The standard InChI is InChI=1S/C10H14BrN3.ClH/c11-10-5-9(6-13-7-10)8-14-3-1-12-2-4-14;/h5-7,12H,1-4,8H2;1H. The van der Waals surface area contributed by atoms with Crippen molar-refractivity contribution >= 4 is 28.3 Å². The Morgan fingerprint density at radius 1 is 1.33 bits per heavy atom. The molecule has 0 unspecified atom stereocenters. The molecule has 0 bridgehead atoms. The van der Waals surface area contributed by atoms with Crippen LogP contribution in [0, 0.1) is 0 Å². The van der Waals surface area contributed by atoms with Gasteiger partial charge in [-0.3, -0.25) is 9.88 Å². The average molecular weight is 293 g/mol. The fourth-order valence-electron chi connectivity index (χ4n) is 1.67. The molecule has 0 atom stereocenters. The zero-order valence-electron chi connectivity index (χ0n) is 8.45. The summed E-state index contributed by atoms with van der Waals surface area (Å²) in [5.74, 6) is 0. The van der Waals surface area contributed by atoms with Gasteiger partial charge in [-0.15, -0.1) is 12.4 Å². The Labute approximate surface area is 105 Å². The fourth-order valence-corrected chi connectivity index (χ4v) is 2.08. The van der Waals surface area contributed by atoms with Crippen LogP contribution in [0.1, 0.15) is 5.56 Å². The number of piperazine rings is 1. The van der Waals surface area contributed by atoms with E-state index >= 15 is 0 Å². The van der Waals surface area contributed by atoms with Crippen molar-refractivity contribution in [2.45, 2.75) is 6.54 Å². The van der Waals surface area contributed by atoms with Crippen molar-refractivity contribution in [1.29, 1.82) is 0 Å². The highest BCUT2D eigenvalue weighted by Crippen LogP contribution is 2.11. The molecule has 2 heterocycles. The van der Waals surface area contributed by atoms with Gasteiger partial charge in [0.25, 0.3) is 0 Å². The first-order valence-corrected chi connectivity index (χ1v) is 5.66. The molecule has 0 aliphatic carbocycles. The molecular weight excluding hydrogens is 277 g/mol. The predicted octanol–water partition coefficient (Wildman–Crippen LogP) is 1.67. The molecule has 1 aliphatic heterocycles. The van der Waals surface area contributed by atoms with Gasteiger partial charge in [-0.1, -0.05) is 0 Å². The summed E-state index contributed by atoms with van der Waals surface area (Å²) in [6.45, 7) is 5.47. The number of hydrogen-bond acceptors (Lipinski definition) is 3. The summed E-state index contributed by atoms with van der Waals surface area (Å²) < 4.78 is 1.06. The summed E-state index contributed by atoms with van der Waals surface area (Å²) in [5.41, 5.74) is 1.28. The molecule has 1 aliphatic rings. The number of nitrogens with zero attached hydrogens (tertiary/aromatic N) is 2. The molecule has 84 valence electrons. The van der Waals surface area contributed by atoms with Crippen molar-refractivity contribution in [3.63, 3.8) is 0 Å². The molecule has 0 spiro atoms. The molecular formula is C10H15BrClN3. The summed E-state index contributed by atoms with van der Waals surface area (Å²) in [5, 5.41) is 3.35.